The molecule has 0 aromatic heterocycles. The fourth-order valence-corrected chi connectivity index (χ4v) is 3.98. The van der Waals surface area contributed by atoms with E-state index in [1.807, 2.05) is 31.0 Å². The number of hydrogen-bond acceptors (Lipinski definition) is 4. The number of carbonyl (C=O) groups excluding carboxylic acids is 2. The van der Waals surface area contributed by atoms with E-state index in [0.29, 0.717) is 25.9 Å². The van der Waals surface area contributed by atoms with Crippen molar-refractivity contribution in [3.8, 4) is 0 Å². The quantitative estimate of drug-likeness (QED) is 0.799. The van der Waals surface area contributed by atoms with Crippen LogP contribution in [-0.4, -0.2) is 42.5 Å². The summed E-state index contributed by atoms with van der Waals surface area (Å²) >= 11 is 3.51. The summed E-state index contributed by atoms with van der Waals surface area (Å²) in [5.41, 5.74) is 2.14. The van der Waals surface area contributed by atoms with Crippen LogP contribution >= 0.6 is 15.9 Å². The molecule has 2 saturated heterocycles. The Bertz CT molecular complexity index is 666. The van der Waals surface area contributed by atoms with Gasteiger partial charge in [0, 0.05) is 17.6 Å². The molecule has 2 aliphatic heterocycles. The summed E-state index contributed by atoms with van der Waals surface area (Å²) < 4.78 is 0.925. The monoisotopic (exact) mass is 380 g/mol. The first-order valence-corrected chi connectivity index (χ1v) is 8.59. The zero-order valence-corrected chi connectivity index (χ0v) is 15.2. The Labute approximate surface area is 144 Å². The fraction of sp³-hybridized carbons (Fsp3) is 0.529. The molecule has 6 heteroatoms. The number of nitrogens with one attached hydrogen (secondary N) is 1. The van der Waals surface area contributed by atoms with Gasteiger partial charge < -0.3 is 10.2 Å². The van der Waals surface area contributed by atoms with Crippen LogP contribution in [0.25, 0.3) is 0 Å². The highest BCUT2D eigenvalue weighted by molar-refractivity contribution is 9.10. The van der Waals surface area contributed by atoms with Crippen LogP contribution in [0.2, 0.25) is 0 Å². The molecule has 0 saturated carbocycles. The van der Waals surface area contributed by atoms with E-state index in [1.54, 1.807) is 7.11 Å². The highest BCUT2D eigenvalue weighted by Gasteiger charge is 2.54. The lowest BCUT2D eigenvalue weighted by Gasteiger charge is -2.36. The van der Waals surface area contributed by atoms with Gasteiger partial charge in [-0.05, 0) is 49.4 Å². The third-order valence-electron chi connectivity index (χ3n) is 5.05. The molecule has 1 unspecified atom stereocenters. The summed E-state index contributed by atoms with van der Waals surface area (Å²) in [7, 11) is 1.63. The van der Waals surface area contributed by atoms with Crippen molar-refractivity contribution in [3.05, 3.63) is 33.3 Å². The van der Waals surface area contributed by atoms with Crippen LogP contribution in [0.4, 0.5) is 0 Å². The van der Waals surface area contributed by atoms with Crippen molar-refractivity contribution in [1.82, 2.24) is 10.4 Å². The van der Waals surface area contributed by atoms with Crippen molar-refractivity contribution in [2.24, 2.45) is 0 Å². The van der Waals surface area contributed by atoms with Crippen molar-refractivity contribution in [1.29, 1.82) is 0 Å². The van der Waals surface area contributed by atoms with Gasteiger partial charge in [0.15, 0.2) is 5.78 Å². The van der Waals surface area contributed by atoms with E-state index in [1.165, 1.54) is 0 Å². The van der Waals surface area contributed by atoms with Crippen molar-refractivity contribution >= 4 is 27.6 Å². The molecule has 124 valence electrons. The molecule has 1 aromatic rings. The highest BCUT2D eigenvalue weighted by Crippen LogP contribution is 2.38. The van der Waals surface area contributed by atoms with Crippen molar-refractivity contribution in [3.63, 3.8) is 0 Å². The number of rotatable bonds is 2. The van der Waals surface area contributed by atoms with Gasteiger partial charge in [0.25, 0.3) is 0 Å². The van der Waals surface area contributed by atoms with Gasteiger partial charge in [-0.2, -0.15) is 5.06 Å². The second-order valence-corrected chi connectivity index (χ2v) is 7.29. The van der Waals surface area contributed by atoms with Crippen LogP contribution in [0, 0.1) is 13.8 Å². The lowest BCUT2D eigenvalue weighted by molar-refractivity contribution is -0.157. The zero-order chi connectivity index (χ0) is 16.8. The molecule has 1 atom stereocenters. The molecule has 2 aliphatic rings. The van der Waals surface area contributed by atoms with Crippen molar-refractivity contribution < 1.29 is 14.4 Å². The van der Waals surface area contributed by atoms with Crippen LogP contribution in [0.1, 0.15) is 35.4 Å². The summed E-state index contributed by atoms with van der Waals surface area (Å²) in [5.74, 6) is -0.891. The van der Waals surface area contributed by atoms with E-state index in [2.05, 4.69) is 21.2 Å². The lowest BCUT2D eigenvalue weighted by atomic mass is 9.80. The van der Waals surface area contributed by atoms with Gasteiger partial charge in [0.2, 0.25) is 5.91 Å². The normalized spacial score (nSPS) is 24.3. The number of hydrogen-bond donors (Lipinski definition) is 1. The maximum Gasteiger partial charge on any atom is 0.235 e. The minimum Gasteiger partial charge on any atom is -0.343 e. The Morgan fingerprint density at radius 3 is 2.48 bits per heavy atom. The first kappa shape index (κ1) is 16.6. The summed E-state index contributed by atoms with van der Waals surface area (Å²) in [5, 5.41) is 4.81. The molecule has 0 radical (unpaired) electrons. The maximum absolute atomic E-state index is 13.1. The van der Waals surface area contributed by atoms with Gasteiger partial charge in [0.05, 0.1) is 7.11 Å². The second kappa shape index (κ2) is 6.00. The lowest BCUT2D eigenvalue weighted by Crippen LogP contribution is -2.54. The van der Waals surface area contributed by atoms with Gasteiger partial charge in [-0.15, -0.1) is 0 Å². The third-order valence-corrected chi connectivity index (χ3v) is 5.91. The molecule has 2 fully saturated rings. The van der Waals surface area contributed by atoms with Crippen LogP contribution in [-0.2, 0) is 14.4 Å². The minimum absolute atomic E-state index is 0.00268. The predicted octanol–water partition coefficient (Wildman–Crippen LogP) is 2.24. The third kappa shape index (κ3) is 2.73. The molecule has 0 bridgehead atoms. The van der Waals surface area contributed by atoms with Gasteiger partial charge in [-0.1, -0.05) is 22.0 Å². The van der Waals surface area contributed by atoms with Crippen LogP contribution in [0.3, 0.4) is 0 Å². The number of piperidine rings is 1. The first-order valence-electron chi connectivity index (χ1n) is 7.80. The first-order chi connectivity index (χ1) is 10.9. The molecular formula is C17H21BrN2O3. The average molecular weight is 381 g/mol. The summed E-state index contributed by atoms with van der Waals surface area (Å²) in [6.07, 6.45) is 1.18. The number of hydroxylamine groups is 2. The number of carbonyl (C=O) groups is 2. The van der Waals surface area contributed by atoms with Gasteiger partial charge in [-0.25, -0.2) is 0 Å². The van der Waals surface area contributed by atoms with Gasteiger partial charge in [-0.3, -0.25) is 9.59 Å². The van der Waals surface area contributed by atoms with Crippen LogP contribution in [0.15, 0.2) is 16.6 Å². The molecule has 1 N–H and O–H groups in total. The van der Waals surface area contributed by atoms with E-state index < -0.39 is 11.5 Å². The topological polar surface area (TPSA) is 58.6 Å². The molecular weight excluding hydrogens is 360 g/mol. The molecule has 0 aliphatic carbocycles. The Balaban J connectivity index is 1.92. The number of halogens is 1. The maximum atomic E-state index is 13.1. The smallest absolute Gasteiger partial charge is 0.235 e. The van der Waals surface area contributed by atoms with Crippen LogP contribution in [0.5, 0.6) is 0 Å². The van der Waals surface area contributed by atoms with E-state index in [9.17, 15) is 9.59 Å². The second-order valence-electron chi connectivity index (χ2n) is 6.44. The van der Waals surface area contributed by atoms with Crippen molar-refractivity contribution in [2.45, 2.75) is 38.1 Å². The molecule has 1 aromatic carbocycles. The highest BCUT2D eigenvalue weighted by atomic mass is 79.9. The van der Waals surface area contributed by atoms with Gasteiger partial charge in [0.1, 0.15) is 11.5 Å². The number of amides is 1. The van der Waals surface area contributed by atoms with Crippen molar-refractivity contribution in [2.75, 3.05) is 20.2 Å². The number of Topliss-reactive ketones (excluding diaryl/α,β-unsaturated/α-hetero) is 1. The average Bonchev–Trinajstić information content (AvgIpc) is 2.75. The van der Waals surface area contributed by atoms with E-state index in [4.69, 9.17) is 4.84 Å². The summed E-state index contributed by atoms with van der Waals surface area (Å²) in [4.78, 5) is 30.9. The SMILES string of the molecule is CON1CCC2(CC1)NC(=O)C(c1cc(Br)c(C)cc1C)C2=O. The minimum atomic E-state index is -0.736. The molecule has 2 heterocycles. The molecule has 3 rings (SSSR count). The van der Waals surface area contributed by atoms with E-state index in [-0.39, 0.29) is 11.7 Å². The largest absolute Gasteiger partial charge is 0.343 e. The van der Waals surface area contributed by atoms with E-state index >= 15 is 0 Å². The number of nitrogens with zero attached hydrogens (tertiary/aromatic N) is 1. The number of aryl methyl sites for hydroxylation is 2. The predicted molar refractivity (Wildman–Crippen MR) is 90.1 cm³/mol. The Morgan fingerprint density at radius 1 is 1.22 bits per heavy atom. The van der Waals surface area contributed by atoms with Crippen LogP contribution < -0.4 is 5.32 Å². The summed E-state index contributed by atoms with van der Waals surface area (Å²) in [6, 6.07) is 3.93. The van der Waals surface area contributed by atoms with E-state index in [0.717, 1.165) is 21.2 Å². The molecule has 23 heavy (non-hydrogen) atoms. The molecule has 1 spiro atoms. The Morgan fingerprint density at radius 2 is 1.87 bits per heavy atom. The molecule has 1 amide bonds. The number of ketones is 1. The Kier molecular flexibility index (Phi) is 4.33. The Hall–Kier alpha value is -1.24. The standard InChI is InChI=1S/C17H21BrN2O3/c1-10-8-11(2)13(18)9-12(10)14-15(21)17(19-16(14)22)4-6-20(23-3)7-5-17/h8-9,14H,4-7H2,1-3H3,(H,19,22). The number of benzene rings is 1. The van der Waals surface area contributed by atoms with Gasteiger partial charge >= 0.3 is 0 Å². The summed E-state index contributed by atoms with van der Waals surface area (Å²) in [6.45, 7) is 5.24. The zero-order valence-electron chi connectivity index (χ0n) is 13.6. The fourth-order valence-electron chi connectivity index (χ4n) is 3.62. The molecule has 5 nitrogen and oxygen atoms in total.